The highest BCUT2D eigenvalue weighted by Gasteiger charge is 2.44. The first-order valence-electron chi connectivity index (χ1n) is 7.64. The molecule has 1 aliphatic heterocycles. The standard InChI is InChI=1S/C19H18O3/c1-11-3-4-12(2)14(7-11)19(20)16-9-15(16)13-5-6-17-18(8-13)22-10-21-17/h3-8,15-16H,9-10H2,1-2H3. The second-order valence-corrected chi connectivity index (χ2v) is 6.24. The van der Waals surface area contributed by atoms with Gasteiger partial charge in [-0.1, -0.05) is 23.8 Å². The maximum atomic E-state index is 12.7. The van der Waals surface area contributed by atoms with Crippen molar-refractivity contribution in [3.05, 3.63) is 58.7 Å². The van der Waals surface area contributed by atoms with Gasteiger partial charge in [0.25, 0.3) is 0 Å². The average Bonchev–Trinajstić information content (AvgIpc) is 3.18. The van der Waals surface area contributed by atoms with Crippen molar-refractivity contribution < 1.29 is 14.3 Å². The Bertz CT molecular complexity index is 763. The van der Waals surface area contributed by atoms with E-state index in [-0.39, 0.29) is 18.5 Å². The minimum absolute atomic E-state index is 0.0980. The largest absolute Gasteiger partial charge is 0.454 e. The molecule has 1 saturated carbocycles. The van der Waals surface area contributed by atoms with Crippen molar-refractivity contribution in [3.8, 4) is 11.5 Å². The fourth-order valence-corrected chi connectivity index (χ4v) is 3.20. The lowest BCUT2D eigenvalue weighted by molar-refractivity contribution is 0.0964. The molecule has 1 heterocycles. The van der Waals surface area contributed by atoms with Gasteiger partial charge in [-0.2, -0.15) is 0 Å². The predicted molar refractivity (Wildman–Crippen MR) is 83.7 cm³/mol. The number of ketones is 1. The van der Waals surface area contributed by atoms with Crippen LogP contribution in [-0.4, -0.2) is 12.6 Å². The molecular formula is C19H18O3. The number of carbonyl (C=O) groups is 1. The van der Waals surface area contributed by atoms with Crippen LogP contribution in [0.2, 0.25) is 0 Å². The van der Waals surface area contributed by atoms with Gasteiger partial charge < -0.3 is 9.47 Å². The first kappa shape index (κ1) is 13.4. The fraction of sp³-hybridized carbons (Fsp3) is 0.316. The molecule has 3 nitrogen and oxygen atoms in total. The Morgan fingerprint density at radius 1 is 1.05 bits per heavy atom. The van der Waals surface area contributed by atoms with Gasteiger partial charge in [-0.3, -0.25) is 4.79 Å². The topological polar surface area (TPSA) is 35.5 Å². The van der Waals surface area contributed by atoms with E-state index in [0.29, 0.717) is 5.92 Å². The van der Waals surface area contributed by atoms with Gasteiger partial charge in [0.05, 0.1) is 0 Å². The number of benzene rings is 2. The summed E-state index contributed by atoms with van der Waals surface area (Å²) in [5.74, 6) is 2.26. The summed E-state index contributed by atoms with van der Waals surface area (Å²) in [7, 11) is 0. The van der Waals surface area contributed by atoms with Gasteiger partial charge in [0.1, 0.15) is 0 Å². The second-order valence-electron chi connectivity index (χ2n) is 6.24. The molecule has 2 unspecified atom stereocenters. The molecule has 0 saturated heterocycles. The minimum atomic E-state index is 0.0980. The van der Waals surface area contributed by atoms with Crippen molar-refractivity contribution in [2.75, 3.05) is 6.79 Å². The normalized spacial score (nSPS) is 21.7. The second kappa shape index (κ2) is 4.87. The summed E-state index contributed by atoms with van der Waals surface area (Å²) in [6.45, 7) is 4.32. The molecule has 0 aromatic heterocycles. The number of ether oxygens (including phenoxy) is 2. The minimum Gasteiger partial charge on any atom is -0.454 e. The molecule has 2 atom stereocenters. The number of aryl methyl sites for hydroxylation is 2. The van der Waals surface area contributed by atoms with Crippen molar-refractivity contribution in [2.45, 2.75) is 26.2 Å². The molecule has 0 bridgehead atoms. The summed E-state index contributed by atoms with van der Waals surface area (Å²) in [6, 6.07) is 12.1. The summed E-state index contributed by atoms with van der Waals surface area (Å²) in [6.07, 6.45) is 0.922. The Kier molecular flexibility index (Phi) is 2.96. The number of hydrogen-bond donors (Lipinski definition) is 0. The van der Waals surface area contributed by atoms with Gasteiger partial charge in [0.15, 0.2) is 17.3 Å². The zero-order valence-electron chi connectivity index (χ0n) is 12.8. The third-order valence-electron chi connectivity index (χ3n) is 4.61. The number of carbonyl (C=O) groups excluding carboxylic acids is 1. The highest BCUT2D eigenvalue weighted by atomic mass is 16.7. The van der Waals surface area contributed by atoms with Crippen molar-refractivity contribution >= 4 is 5.78 Å². The predicted octanol–water partition coefficient (Wildman–Crippen LogP) is 4.02. The Hall–Kier alpha value is -2.29. The molecule has 112 valence electrons. The smallest absolute Gasteiger partial charge is 0.231 e. The molecule has 1 aliphatic carbocycles. The van der Waals surface area contributed by atoms with Crippen molar-refractivity contribution in [1.82, 2.24) is 0 Å². The number of fused-ring (bicyclic) bond motifs is 1. The van der Waals surface area contributed by atoms with E-state index in [1.54, 1.807) is 0 Å². The molecule has 0 N–H and O–H groups in total. The molecule has 1 fully saturated rings. The number of rotatable bonds is 3. The van der Waals surface area contributed by atoms with E-state index in [0.717, 1.165) is 34.6 Å². The van der Waals surface area contributed by atoms with Crippen LogP contribution in [0.3, 0.4) is 0 Å². The summed E-state index contributed by atoms with van der Waals surface area (Å²) < 4.78 is 10.8. The maximum absolute atomic E-state index is 12.7. The van der Waals surface area contributed by atoms with Gasteiger partial charge in [0, 0.05) is 11.5 Å². The van der Waals surface area contributed by atoms with Crippen molar-refractivity contribution in [1.29, 1.82) is 0 Å². The van der Waals surface area contributed by atoms with Crippen molar-refractivity contribution in [3.63, 3.8) is 0 Å². The molecule has 2 aliphatic rings. The Morgan fingerprint density at radius 2 is 1.86 bits per heavy atom. The number of hydrogen-bond acceptors (Lipinski definition) is 3. The fourth-order valence-electron chi connectivity index (χ4n) is 3.20. The van der Waals surface area contributed by atoms with E-state index < -0.39 is 0 Å². The van der Waals surface area contributed by atoms with Crippen LogP contribution in [0.15, 0.2) is 36.4 Å². The molecule has 0 amide bonds. The molecule has 4 rings (SSSR count). The molecule has 2 aromatic rings. The SMILES string of the molecule is Cc1ccc(C)c(C(=O)C2CC2c2ccc3c(c2)OCO3)c1. The lowest BCUT2D eigenvalue weighted by Crippen LogP contribution is -2.06. The first-order chi connectivity index (χ1) is 10.6. The molecule has 3 heteroatoms. The van der Waals surface area contributed by atoms with E-state index in [4.69, 9.17) is 9.47 Å². The van der Waals surface area contributed by atoms with E-state index in [9.17, 15) is 4.79 Å². The zero-order chi connectivity index (χ0) is 15.3. The van der Waals surface area contributed by atoms with Crippen LogP contribution >= 0.6 is 0 Å². The lowest BCUT2D eigenvalue weighted by atomic mass is 9.97. The average molecular weight is 294 g/mol. The maximum Gasteiger partial charge on any atom is 0.231 e. The van der Waals surface area contributed by atoms with Crippen LogP contribution in [0, 0.1) is 19.8 Å². The van der Waals surface area contributed by atoms with Gasteiger partial charge in [-0.05, 0) is 55.5 Å². The van der Waals surface area contributed by atoms with Gasteiger partial charge in [-0.25, -0.2) is 0 Å². The third-order valence-corrected chi connectivity index (χ3v) is 4.61. The third kappa shape index (κ3) is 2.17. The Balaban J connectivity index is 1.56. The van der Waals surface area contributed by atoms with Crippen molar-refractivity contribution in [2.24, 2.45) is 5.92 Å². The lowest BCUT2D eigenvalue weighted by Gasteiger charge is -2.06. The van der Waals surface area contributed by atoms with Crippen LogP contribution in [0.4, 0.5) is 0 Å². The van der Waals surface area contributed by atoms with Crippen LogP contribution in [0.25, 0.3) is 0 Å². The molecule has 0 spiro atoms. The van der Waals surface area contributed by atoms with Gasteiger partial charge in [0.2, 0.25) is 6.79 Å². The molecule has 22 heavy (non-hydrogen) atoms. The van der Waals surface area contributed by atoms with E-state index in [1.165, 1.54) is 5.56 Å². The summed E-state index contributed by atoms with van der Waals surface area (Å²) in [5.41, 5.74) is 4.24. The van der Waals surface area contributed by atoms with Gasteiger partial charge in [-0.15, -0.1) is 0 Å². The number of Topliss-reactive ketones (excluding diaryl/α,β-unsaturated/α-hetero) is 1. The highest BCUT2D eigenvalue weighted by molar-refractivity contribution is 6.01. The van der Waals surface area contributed by atoms with E-state index in [1.807, 2.05) is 44.2 Å². The van der Waals surface area contributed by atoms with Crippen LogP contribution in [-0.2, 0) is 0 Å². The first-order valence-corrected chi connectivity index (χ1v) is 7.64. The summed E-state index contributed by atoms with van der Waals surface area (Å²) in [5, 5.41) is 0. The summed E-state index contributed by atoms with van der Waals surface area (Å²) >= 11 is 0. The van der Waals surface area contributed by atoms with Crippen LogP contribution < -0.4 is 9.47 Å². The highest BCUT2D eigenvalue weighted by Crippen LogP contribution is 2.51. The van der Waals surface area contributed by atoms with Crippen LogP contribution in [0.1, 0.15) is 39.4 Å². The van der Waals surface area contributed by atoms with Gasteiger partial charge >= 0.3 is 0 Å². The molecular weight excluding hydrogens is 276 g/mol. The molecule has 2 aromatic carbocycles. The summed E-state index contributed by atoms with van der Waals surface area (Å²) in [4.78, 5) is 12.7. The quantitative estimate of drug-likeness (QED) is 0.802. The monoisotopic (exact) mass is 294 g/mol. The van der Waals surface area contributed by atoms with E-state index >= 15 is 0 Å². The zero-order valence-corrected chi connectivity index (χ0v) is 12.8. The van der Waals surface area contributed by atoms with E-state index in [2.05, 4.69) is 6.07 Å². The van der Waals surface area contributed by atoms with Crippen LogP contribution in [0.5, 0.6) is 11.5 Å². The Labute approximate surface area is 129 Å². The Morgan fingerprint density at radius 3 is 2.73 bits per heavy atom. The molecule has 0 radical (unpaired) electrons.